The molecule has 1 rings (SSSR count). The van der Waals surface area contributed by atoms with E-state index >= 15 is 0 Å². The molecule has 0 aliphatic rings. The smallest absolute Gasteiger partial charge is 0.287 e. The number of furan rings is 1. The third kappa shape index (κ3) is 4.92. The van der Waals surface area contributed by atoms with Crippen LogP contribution in [0, 0.1) is 12.8 Å². The van der Waals surface area contributed by atoms with Gasteiger partial charge >= 0.3 is 0 Å². The highest BCUT2D eigenvalue weighted by atomic mass is 16.3. The number of rotatable bonds is 6. The summed E-state index contributed by atoms with van der Waals surface area (Å²) in [5, 5.41) is 3.03. The summed E-state index contributed by atoms with van der Waals surface area (Å²) in [6, 6.07) is 3.67. The summed E-state index contributed by atoms with van der Waals surface area (Å²) in [6.07, 6.45) is 0.962. The normalized spacial score (nSPS) is 13.1. The molecule has 0 radical (unpaired) electrons. The summed E-state index contributed by atoms with van der Waals surface area (Å²) < 4.78 is 5.33. The molecule has 4 nitrogen and oxygen atoms in total. The topological polar surface area (TPSA) is 45.5 Å². The molecule has 0 aliphatic carbocycles. The van der Waals surface area contributed by atoms with Gasteiger partial charge in [0, 0.05) is 12.6 Å². The van der Waals surface area contributed by atoms with E-state index < -0.39 is 0 Å². The first kappa shape index (κ1) is 14.8. The predicted octanol–water partition coefficient (Wildman–Crippen LogP) is 2.29. The van der Waals surface area contributed by atoms with Gasteiger partial charge in [0.25, 0.3) is 5.91 Å². The average molecular weight is 252 g/mol. The molecule has 0 aliphatic heterocycles. The fraction of sp³-hybridized carbons (Fsp3) is 0.643. The zero-order chi connectivity index (χ0) is 13.7. The number of carbonyl (C=O) groups is 1. The Kier molecular flexibility index (Phi) is 5.41. The van der Waals surface area contributed by atoms with E-state index in [0.717, 1.165) is 18.7 Å². The highest BCUT2D eigenvalue weighted by Gasteiger charge is 2.17. The van der Waals surface area contributed by atoms with Crippen molar-refractivity contribution in [1.82, 2.24) is 10.2 Å². The van der Waals surface area contributed by atoms with Crippen LogP contribution in [0.1, 0.15) is 36.6 Å². The molecule has 0 aromatic carbocycles. The van der Waals surface area contributed by atoms with Crippen LogP contribution in [0.25, 0.3) is 0 Å². The predicted molar refractivity (Wildman–Crippen MR) is 72.7 cm³/mol. The van der Waals surface area contributed by atoms with Crippen molar-refractivity contribution in [2.75, 3.05) is 20.6 Å². The number of nitrogens with one attached hydrogen (secondary N) is 1. The molecule has 0 fully saturated rings. The molecule has 0 unspecified atom stereocenters. The van der Waals surface area contributed by atoms with Crippen LogP contribution in [0.2, 0.25) is 0 Å². The monoisotopic (exact) mass is 252 g/mol. The zero-order valence-electron chi connectivity index (χ0n) is 12.0. The lowest BCUT2D eigenvalue weighted by Crippen LogP contribution is -2.42. The first-order valence-corrected chi connectivity index (χ1v) is 6.40. The minimum Gasteiger partial charge on any atom is -0.456 e. The van der Waals surface area contributed by atoms with E-state index in [4.69, 9.17) is 4.42 Å². The van der Waals surface area contributed by atoms with Crippen molar-refractivity contribution < 1.29 is 9.21 Å². The molecule has 4 heteroatoms. The van der Waals surface area contributed by atoms with E-state index in [0.29, 0.717) is 11.7 Å². The molecule has 1 aromatic heterocycles. The van der Waals surface area contributed by atoms with Gasteiger partial charge in [-0.15, -0.1) is 0 Å². The van der Waals surface area contributed by atoms with Gasteiger partial charge in [0.2, 0.25) is 0 Å². The third-order valence-electron chi connectivity index (χ3n) is 2.64. The van der Waals surface area contributed by atoms with Crippen LogP contribution in [0.5, 0.6) is 0 Å². The van der Waals surface area contributed by atoms with Gasteiger partial charge in [-0.05, 0) is 45.5 Å². The molecule has 0 saturated heterocycles. The van der Waals surface area contributed by atoms with Crippen LogP contribution < -0.4 is 5.32 Å². The van der Waals surface area contributed by atoms with Crippen molar-refractivity contribution in [3.05, 3.63) is 23.7 Å². The Bertz CT molecular complexity index is 373. The average Bonchev–Trinajstić information content (AvgIpc) is 2.62. The molecule has 1 aromatic rings. The number of likely N-dealkylation sites (N-methyl/N-ethyl adjacent to an activating group) is 1. The van der Waals surface area contributed by atoms with Gasteiger partial charge in [0.15, 0.2) is 5.76 Å². The summed E-state index contributed by atoms with van der Waals surface area (Å²) in [5.41, 5.74) is 0. The highest BCUT2D eigenvalue weighted by Crippen LogP contribution is 2.09. The minimum atomic E-state index is -0.129. The van der Waals surface area contributed by atoms with Gasteiger partial charge in [-0.2, -0.15) is 0 Å². The van der Waals surface area contributed by atoms with Gasteiger partial charge in [0.1, 0.15) is 5.76 Å². The van der Waals surface area contributed by atoms with E-state index in [-0.39, 0.29) is 11.9 Å². The summed E-state index contributed by atoms with van der Waals surface area (Å²) in [7, 11) is 4.02. The number of amides is 1. The van der Waals surface area contributed by atoms with E-state index in [1.807, 2.05) is 21.0 Å². The van der Waals surface area contributed by atoms with Gasteiger partial charge in [-0.25, -0.2) is 0 Å². The maximum absolute atomic E-state index is 12.0. The van der Waals surface area contributed by atoms with Crippen LogP contribution in [0.3, 0.4) is 0 Å². The molecule has 1 heterocycles. The summed E-state index contributed by atoms with van der Waals surface area (Å²) >= 11 is 0. The maximum Gasteiger partial charge on any atom is 0.287 e. The molecular formula is C14H24N2O2. The standard InChI is InChI=1S/C14H24N2O2/c1-10(2)8-12(9-16(4)5)15-14(17)13-7-6-11(3)18-13/h6-7,10,12H,8-9H2,1-5H3,(H,15,17)/t12-/m1/s1. The molecule has 1 atom stereocenters. The van der Waals surface area contributed by atoms with Gasteiger partial charge in [0.05, 0.1) is 0 Å². The lowest BCUT2D eigenvalue weighted by atomic mass is 10.0. The SMILES string of the molecule is Cc1ccc(C(=O)N[C@H](CC(C)C)CN(C)C)o1. The lowest BCUT2D eigenvalue weighted by molar-refractivity contribution is 0.0895. The molecule has 0 spiro atoms. The number of carbonyl (C=O) groups excluding carboxylic acids is 1. The van der Waals surface area contributed by atoms with Crippen LogP contribution in [-0.4, -0.2) is 37.5 Å². The van der Waals surface area contributed by atoms with Crippen molar-refractivity contribution in [2.24, 2.45) is 5.92 Å². The quantitative estimate of drug-likeness (QED) is 0.845. The summed E-state index contributed by atoms with van der Waals surface area (Å²) in [5.74, 6) is 1.57. The van der Waals surface area contributed by atoms with E-state index in [1.165, 1.54) is 0 Å². The Morgan fingerprint density at radius 2 is 2.06 bits per heavy atom. The van der Waals surface area contributed by atoms with Crippen molar-refractivity contribution in [1.29, 1.82) is 0 Å². The second kappa shape index (κ2) is 6.59. The Hall–Kier alpha value is -1.29. The zero-order valence-corrected chi connectivity index (χ0v) is 12.0. The molecule has 1 amide bonds. The number of nitrogens with zero attached hydrogens (tertiary/aromatic N) is 1. The molecule has 1 N–H and O–H groups in total. The number of hydrogen-bond donors (Lipinski definition) is 1. The summed E-state index contributed by atoms with van der Waals surface area (Å²) in [4.78, 5) is 14.1. The molecule has 102 valence electrons. The van der Waals surface area contributed by atoms with Crippen molar-refractivity contribution in [3.63, 3.8) is 0 Å². The first-order valence-electron chi connectivity index (χ1n) is 6.40. The van der Waals surface area contributed by atoms with Gasteiger partial charge in [-0.1, -0.05) is 13.8 Å². The van der Waals surface area contributed by atoms with Crippen LogP contribution >= 0.6 is 0 Å². The Morgan fingerprint density at radius 3 is 2.50 bits per heavy atom. The second-order valence-corrected chi connectivity index (χ2v) is 5.47. The largest absolute Gasteiger partial charge is 0.456 e. The number of aryl methyl sites for hydroxylation is 1. The number of hydrogen-bond acceptors (Lipinski definition) is 3. The van der Waals surface area contributed by atoms with Crippen LogP contribution in [0.4, 0.5) is 0 Å². The summed E-state index contributed by atoms with van der Waals surface area (Å²) in [6.45, 7) is 6.99. The van der Waals surface area contributed by atoms with E-state index in [1.54, 1.807) is 12.1 Å². The van der Waals surface area contributed by atoms with Crippen molar-refractivity contribution >= 4 is 5.91 Å². The minimum absolute atomic E-state index is 0.129. The van der Waals surface area contributed by atoms with Gasteiger partial charge in [-0.3, -0.25) is 4.79 Å². The van der Waals surface area contributed by atoms with Crippen molar-refractivity contribution in [3.8, 4) is 0 Å². The second-order valence-electron chi connectivity index (χ2n) is 5.47. The fourth-order valence-corrected chi connectivity index (χ4v) is 2.00. The fourth-order valence-electron chi connectivity index (χ4n) is 2.00. The maximum atomic E-state index is 12.0. The third-order valence-corrected chi connectivity index (χ3v) is 2.64. The first-order chi connectivity index (χ1) is 8.38. The molecule has 0 saturated carbocycles. The highest BCUT2D eigenvalue weighted by molar-refractivity contribution is 5.91. The van der Waals surface area contributed by atoms with E-state index in [9.17, 15) is 4.79 Å². The Labute approximate surface area is 109 Å². The van der Waals surface area contributed by atoms with E-state index in [2.05, 4.69) is 24.1 Å². The lowest BCUT2D eigenvalue weighted by Gasteiger charge is -2.23. The van der Waals surface area contributed by atoms with Gasteiger partial charge < -0.3 is 14.6 Å². The molecular weight excluding hydrogens is 228 g/mol. The molecule has 18 heavy (non-hydrogen) atoms. The Balaban J connectivity index is 2.61. The van der Waals surface area contributed by atoms with Crippen LogP contribution in [-0.2, 0) is 0 Å². The van der Waals surface area contributed by atoms with Crippen LogP contribution in [0.15, 0.2) is 16.5 Å². The Morgan fingerprint density at radius 1 is 1.39 bits per heavy atom. The molecule has 0 bridgehead atoms. The van der Waals surface area contributed by atoms with Crippen molar-refractivity contribution in [2.45, 2.75) is 33.2 Å².